The van der Waals surface area contributed by atoms with E-state index in [1.54, 1.807) is 0 Å². The molecule has 1 N–H and O–H groups in total. The highest BCUT2D eigenvalue weighted by atomic mass is 32.1. The second-order valence-electron chi connectivity index (χ2n) is 6.68. The quantitative estimate of drug-likeness (QED) is 0.540. The van der Waals surface area contributed by atoms with E-state index in [1.165, 1.54) is 12.0 Å². The van der Waals surface area contributed by atoms with Crippen molar-refractivity contribution in [2.45, 2.75) is 52.6 Å². The van der Waals surface area contributed by atoms with Crippen LogP contribution in [0, 0.1) is 23.2 Å². The summed E-state index contributed by atoms with van der Waals surface area (Å²) in [6.07, 6.45) is 6.59. The maximum atomic E-state index is 10.1. The molecular weight excluding hydrogens is 228 g/mol. The van der Waals surface area contributed by atoms with Crippen molar-refractivity contribution < 1.29 is 5.11 Å². The van der Waals surface area contributed by atoms with E-state index in [1.807, 2.05) is 0 Å². The van der Waals surface area contributed by atoms with Crippen molar-refractivity contribution in [3.63, 3.8) is 0 Å². The van der Waals surface area contributed by atoms with Crippen LogP contribution in [0.2, 0.25) is 0 Å². The lowest BCUT2D eigenvalue weighted by molar-refractivity contribution is -0.0415. The smallest absolute Gasteiger partial charge is 0.0747 e. The lowest BCUT2D eigenvalue weighted by Crippen LogP contribution is -2.47. The molecule has 17 heavy (non-hydrogen) atoms. The molecule has 0 aromatic carbocycles. The average molecular weight is 254 g/mol. The van der Waals surface area contributed by atoms with E-state index in [4.69, 9.17) is 0 Å². The molecule has 0 bridgehead atoms. The van der Waals surface area contributed by atoms with Gasteiger partial charge in [0, 0.05) is 0 Å². The van der Waals surface area contributed by atoms with Crippen LogP contribution in [0.15, 0.2) is 11.6 Å². The largest absolute Gasteiger partial charge is 0.389 e. The Balaban J connectivity index is 2.17. The van der Waals surface area contributed by atoms with E-state index in [9.17, 15) is 5.11 Å². The van der Waals surface area contributed by atoms with Crippen LogP contribution in [0.4, 0.5) is 0 Å². The predicted octanol–water partition coefficient (Wildman–Crippen LogP) is 3.69. The lowest BCUT2D eigenvalue weighted by atomic mass is 9.51. The minimum atomic E-state index is -0.224. The molecule has 0 radical (unpaired) electrons. The van der Waals surface area contributed by atoms with Gasteiger partial charge in [-0.2, -0.15) is 12.6 Å². The normalized spacial score (nSPS) is 44.4. The van der Waals surface area contributed by atoms with Gasteiger partial charge in [-0.15, -0.1) is 0 Å². The summed E-state index contributed by atoms with van der Waals surface area (Å²) >= 11 is 4.53. The monoisotopic (exact) mass is 254 g/mol. The molecule has 1 saturated carbocycles. The topological polar surface area (TPSA) is 20.2 Å². The zero-order valence-electron chi connectivity index (χ0n) is 11.3. The van der Waals surface area contributed by atoms with E-state index in [0.717, 1.165) is 36.9 Å². The molecule has 2 rings (SSSR count). The summed E-state index contributed by atoms with van der Waals surface area (Å²) in [4.78, 5) is 0. The number of hydrogen-bond acceptors (Lipinski definition) is 2. The average Bonchev–Trinajstić information content (AvgIpc) is 2.31. The van der Waals surface area contributed by atoms with Gasteiger partial charge < -0.3 is 5.11 Å². The van der Waals surface area contributed by atoms with E-state index in [-0.39, 0.29) is 6.10 Å². The highest BCUT2D eigenvalue weighted by Gasteiger charge is 2.49. The first-order chi connectivity index (χ1) is 7.95. The van der Waals surface area contributed by atoms with Crippen molar-refractivity contribution >= 4 is 12.6 Å². The molecule has 2 heteroatoms. The van der Waals surface area contributed by atoms with Crippen molar-refractivity contribution in [2.75, 3.05) is 5.75 Å². The van der Waals surface area contributed by atoms with Crippen molar-refractivity contribution in [3.8, 4) is 0 Å². The van der Waals surface area contributed by atoms with Crippen molar-refractivity contribution in [1.82, 2.24) is 0 Å². The Labute approximate surface area is 111 Å². The van der Waals surface area contributed by atoms with E-state index >= 15 is 0 Å². The first-order valence-corrected chi connectivity index (χ1v) is 7.54. The number of hydrogen-bond donors (Lipinski definition) is 2. The minimum Gasteiger partial charge on any atom is -0.389 e. The third kappa shape index (κ3) is 2.58. The molecule has 98 valence electrons. The standard InChI is InChI=1S/C15H26OS/c1-10-4-6-13-12(8-15(13,2)3)11(9-17)5-7-14(10)16/h4,11-14,16-17H,5-9H2,1-3H3/b10-4-. The molecule has 1 nitrogen and oxygen atoms in total. The molecule has 0 aromatic rings. The van der Waals surface area contributed by atoms with Gasteiger partial charge in [-0.05, 0) is 67.1 Å². The molecular formula is C15H26OS. The molecule has 4 unspecified atom stereocenters. The van der Waals surface area contributed by atoms with E-state index in [0.29, 0.717) is 11.3 Å². The Morgan fingerprint density at radius 2 is 2.12 bits per heavy atom. The first-order valence-electron chi connectivity index (χ1n) is 6.91. The second kappa shape index (κ2) is 4.97. The summed E-state index contributed by atoms with van der Waals surface area (Å²) in [7, 11) is 0. The maximum absolute atomic E-state index is 10.1. The summed E-state index contributed by atoms with van der Waals surface area (Å²) < 4.78 is 0. The third-order valence-corrected chi connectivity index (χ3v) is 5.62. The fourth-order valence-corrected chi connectivity index (χ4v) is 4.25. The lowest BCUT2D eigenvalue weighted by Gasteiger charge is -2.54. The van der Waals surface area contributed by atoms with Crippen molar-refractivity contribution in [1.29, 1.82) is 0 Å². The number of allylic oxidation sites excluding steroid dienone is 1. The Morgan fingerprint density at radius 3 is 2.71 bits per heavy atom. The van der Waals surface area contributed by atoms with Gasteiger partial charge in [0.05, 0.1) is 6.10 Å². The van der Waals surface area contributed by atoms with Crippen LogP contribution in [0.3, 0.4) is 0 Å². The van der Waals surface area contributed by atoms with Crippen molar-refractivity contribution in [3.05, 3.63) is 11.6 Å². The van der Waals surface area contributed by atoms with Crippen LogP contribution < -0.4 is 0 Å². The summed E-state index contributed by atoms with van der Waals surface area (Å²) in [5, 5.41) is 10.1. The highest BCUT2D eigenvalue weighted by Crippen LogP contribution is 2.56. The Morgan fingerprint density at radius 1 is 1.41 bits per heavy atom. The van der Waals surface area contributed by atoms with Gasteiger partial charge in [0.1, 0.15) is 0 Å². The van der Waals surface area contributed by atoms with Crippen LogP contribution in [0.25, 0.3) is 0 Å². The van der Waals surface area contributed by atoms with Gasteiger partial charge in [-0.25, -0.2) is 0 Å². The molecule has 2 aliphatic rings. The van der Waals surface area contributed by atoms with Crippen LogP contribution in [0.5, 0.6) is 0 Å². The van der Waals surface area contributed by atoms with Gasteiger partial charge in [0.25, 0.3) is 0 Å². The summed E-state index contributed by atoms with van der Waals surface area (Å²) in [5.41, 5.74) is 1.66. The highest BCUT2D eigenvalue weighted by molar-refractivity contribution is 7.80. The number of fused-ring (bicyclic) bond motifs is 1. The molecule has 0 saturated heterocycles. The zero-order valence-corrected chi connectivity index (χ0v) is 12.2. The van der Waals surface area contributed by atoms with E-state index in [2.05, 4.69) is 39.5 Å². The molecule has 0 heterocycles. The minimum absolute atomic E-state index is 0.224. The van der Waals surface area contributed by atoms with Crippen LogP contribution in [-0.4, -0.2) is 17.0 Å². The summed E-state index contributed by atoms with van der Waals surface area (Å²) in [6.45, 7) is 6.86. The van der Waals surface area contributed by atoms with Gasteiger partial charge in [0.15, 0.2) is 0 Å². The van der Waals surface area contributed by atoms with Crippen LogP contribution >= 0.6 is 12.6 Å². The molecule has 0 aromatic heterocycles. The third-order valence-electron chi connectivity index (χ3n) is 5.15. The zero-order chi connectivity index (χ0) is 12.6. The molecule has 0 aliphatic heterocycles. The molecule has 4 atom stereocenters. The van der Waals surface area contributed by atoms with E-state index < -0.39 is 0 Å². The Hall–Kier alpha value is 0.0500. The summed E-state index contributed by atoms with van der Waals surface area (Å²) in [6, 6.07) is 0. The molecule has 2 aliphatic carbocycles. The molecule has 0 spiro atoms. The number of rotatable bonds is 1. The molecule has 0 amide bonds. The number of thiol groups is 1. The number of aliphatic hydroxyl groups is 1. The fourth-order valence-electron chi connectivity index (χ4n) is 3.80. The Kier molecular flexibility index (Phi) is 3.94. The maximum Gasteiger partial charge on any atom is 0.0747 e. The number of aliphatic hydroxyl groups excluding tert-OH is 1. The van der Waals surface area contributed by atoms with Crippen LogP contribution in [0.1, 0.15) is 46.5 Å². The fraction of sp³-hybridized carbons (Fsp3) is 0.867. The predicted molar refractivity (Wildman–Crippen MR) is 76.3 cm³/mol. The van der Waals surface area contributed by atoms with Crippen LogP contribution in [-0.2, 0) is 0 Å². The van der Waals surface area contributed by atoms with Gasteiger partial charge in [-0.1, -0.05) is 19.9 Å². The SMILES string of the molecule is C/C1=C/CC2C(CC2(C)C)C(CS)CCC1O. The molecule has 1 fully saturated rings. The Bertz CT molecular complexity index is 308. The summed E-state index contributed by atoms with van der Waals surface area (Å²) in [5.74, 6) is 3.30. The van der Waals surface area contributed by atoms with Gasteiger partial charge >= 0.3 is 0 Å². The second-order valence-corrected chi connectivity index (χ2v) is 7.05. The first kappa shape index (κ1) is 13.5. The van der Waals surface area contributed by atoms with Gasteiger partial charge in [-0.3, -0.25) is 0 Å². The van der Waals surface area contributed by atoms with Crippen molar-refractivity contribution in [2.24, 2.45) is 23.2 Å². The van der Waals surface area contributed by atoms with Gasteiger partial charge in [0.2, 0.25) is 0 Å².